The Balaban J connectivity index is 1.71. The minimum atomic E-state index is -0.420. The number of amides is 2. The molecule has 156 valence electrons. The van der Waals surface area contributed by atoms with E-state index in [1.807, 2.05) is 62.4 Å². The molecule has 0 fully saturated rings. The number of benzene rings is 3. The summed E-state index contributed by atoms with van der Waals surface area (Å²) in [5, 5.41) is 3.01. The number of imide groups is 1. The van der Waals surface area contributed by atoms with Crippen molar-refractivity contribution < 1.29 is 14.0 Å². The van der Waals surface area contributed by atoms with Crippen molar-refractivity contribution in [2.45, 2.75) is 20.3 Å². The van der Waals surface area contributed by atoms with Crippen LogP contribution in [0, 0.1) is 19.7 Å². The maximum absolute atomic E-state index is 13.7. The smallest absolute Gasteiger partial charge is 0.278 e. The van der Waals surface area contributed by atoms with Gasteiger partial charge in [0.15, 0.2) is 0 Å². The largest absolute Gasteiger partial charge is 0.350 e. The standard InChI is InChI=1S/C26H23FN2O2/c1-17-11-12-22(18(2)15-17)23-24(28-21-10-6-9-20(27)16-21)26(31)29(25(23)30)14-13-19-7-4-3-5-8-19/h3-12,15-16,28H,13-14H2,1-2H3. The predicted molar refractivity (Wildman–Crippen MR) is 120 cm³/mol. The Morgan fingerprint density at radius 2 is 1.65 bits per heavy atom. The predicted octanol–water partition coefficient (Wildman–Crippen LogP) is 4.88. The minimum Gasteiger partial charge on any atom is -0.350 e. The SMILES string of the molecule is Cc1ccc(C2=C(Nc3cccc(F)c3)C(=O)N(CCc3ccccc3)C2=O)c(C)c1. The molecule has 1 N–H and O–H groups in total. The van der Waals surface area contributed by atoms with Crippen LogP contribution in [0.15, 0.2) is 78.5 Å². The molecule has 0 aliphatic carbocycles. The van der Waals surface area contributed by atoms with Gasteiger partial charge in [-0.05, 0) is 55.2 Å². The number of nitrogens with zero attached hydrogens (tertiary/aromatic N) is 1. The molecule has 3 aromatic rings. The summed E-state index contributed by atoms with van der Waals surface area (Å²) in [6.45, 7) is 4.16. The van der Waals surface area contributed by atoms with E-state index in [9.17, 15) is 14.0 Å². The van der Waals surface area contributed by atoms with Gasteiger partial charge < -0.3 is 5.32 Å². The Morgan fingerprint density at radius 1 is 0.871 bits per heavy atom. The van der Waals surface area contributed by atoms with Crippen molar-refractivity contribution in [2.24, 2.45) is 0 Å². The third kappa shape index (κ3) is 4.26. The van der Waals surface area contributed by atoms with Crippen molar-refractivity contribution in [3.8, 4) is 0 Å². The van der Waals surface area contributed by atoms with Gasteiger partial charge in [0.25, 0.3) is 11.8 Å². The van der Waals surface area contributed by atoms with Crippen LogP contribution in [0.1, 0.15) is 22.3 Å². The van der Waals surface area contributed by atoms with E-state index in [0.29, 0.717) is 23.2 Å². The van der Waals surface area contributed by atoms with Crippen LogP contribution in [0.5, 0.6) is 0 Å². The summed E-state index contributed by atoms with van der Waals surface area (Å²) in [5.41, 5.74) is 4.63. The van der Waals surface area contributed by atoms with Crippen LogP contribution in [-0.4, -0.2) is 23.3 Å². The monoisotopic (exact) mass is 414 g/mol. The maximum Gasteiger partial charge on any atom is 0.278 e. The normalized spacial score (nSPS) is 13.8. The molecule has 0 unspecified atom stereocenters. The van der Waals surface area contributed by atoms with Crippen molar-refractivity contribution in [1.82, 2.24) is 4.90 Å². The summed E-state index contributed by atoms with van der Waals surface area (Å²) in [6.07, 6.45) is 0.561. The van der Waals surface area contributed by atoms with Gasteiger partial charge >= 0.3 is 0 Å². The van der Waals surface area contributed by atoms with Crippen LogP contribution in [0.4, 0.5) is 10.1 Å². The van der Waals surface area contributed by atoms with Crippen molar-refractivity contribution in [3.05, 3.63) is 107 Å². The van der Waals surface area contributed by atoms with Crippen LogP contribution >= 0.6 is 0 Å². The quantitative estimate of drug-likeness (QED) is 0.585. The molecule has 5 heteroatoms. The van der Waals surface area contributed by atoms with Crippen molar-refractivity contribution >= 4 is 23.1 Å². The fraction of sp³-hybridized carbons (Fsp3) is 0.154. The number of anilines is 1. The molecule has 0 bridgehead atoms. The second-order valence-electron chi connectivity index (χ2n) is 7.70. The first kappa shape index (κ1) is 20.5. The molecule has 4 rings (SSSR count). The molecule has 0 radical (unpaired) electrons. The molecular weight excluding hydrogens is 391 g/mol. The summed E-state index contributed by atoms with van der Waals surface area (Å²) < 4.78 is 13.7. The first-order valence-corrected chi connectivity index (χ1v) is 10.2. The average molecular weight is 414 g/mol. The highest BCUT2D eigenvalue weighted by Gasteiger charge is 2.39. The molecule has 1 aliphatic heterocycles. The first-order chi connectivity index (χ1) is 14.9. The van der Waals surface area contributed by atoms with Crippen LogP contribution < -0.4 is 5.32 Å². The van der Waals surface area contributed by atoms with Crippen LogP contribution in [0.2, 0.25) is 0 Å². The Hall–Kier alpha value is -3.73. The number of nitrogens with one attached hydrogen (secondary N) is 1. The zero-order chi connectivity index (χ0) is 22.0. The van der Waals surface area contributed by atoms with Gasteiger partial charge in [0.1, 0.15) is 11.5 Å². The van der Waals surface area contributed by atoms with Crippen molar-refractivity contribution in [3.63, 3.8) is 0 Å². The molecule has 2 amide bonds. The molecule has 1 aliphatic rings. The third-order valence-electron chi connectivity index (χ3n) is 5.38. The highest BCUT2D eigenvalue weighted by Crippen LogP contribution is 2.32. The number of aryl methyl sites for hydroxylation is 2. The number of carbonyl (C=O) groups excluding carboxylic acids is 2. The molecule has 3 aromatic carbocycles. The van der Waals surface area contributed by atoms with E-state index in [0.717, 1.165) is 16.7 Å². The van der Waals surface area contributed by atoms with Gasteiger partial charge in [-0.25, -0.2) is 4.39 Å². The summed E-state index contributed by atoms with van der Waals surface area (Å²) in [4.78, 5) is 27.9. The van der Waals surface area contributed by atoms with E-state index in [1.165, 1.54) is 17.0 Å². The lowest BCUT2D eigenvalue weighted by Gasteiger charge is -2.15. The third-order valence-corrected chi connectivity index (χ3v) is 5.38. The Labute approximate surface area is 181 Å². The van der Waals surface area contributed by atoms with Gasteiger partial charge in [0, 0.05) is 12.2 Å². The number of hydrogen-bond acceptors (Lipinski definition) is 3. The Kier molecular flexibility index (Phi) is 5.67. The molecule has 0 saturated heterocycles. The molecular formula is C26H23FN2O2. The number of halogens is 1. The van der Waals surface area contributed by atoms with Gasteiger partial charge in [-0.2, -0.15) is 0 Å². The van der Waals surface area contributed by atoms with Crippen molar-refractivity contribution in [1.29, 1.82) is 0 Å². The molecule has 0 saturated carbocycles. The van der Waals surface area contributed by atoms with Gasteiger partial charge in [-0.15, -0.1) is 0 Å². The first-order valence-electron chi connectivity index (χ1n) is 10.2. The van der Waals surface area contributed by atoms with Gasteiger partial charge in [-0.3, -0.25) is 14.5 Å². The lowest BCUT2D eigenvalue weighted by molar-refractivity contribution is -0.136. The maximum atomic E-state index is 13.7. The van der Waals surface area contributed by atoms with Crippen molar-refractivity contribution in [2.75, 3.05) is 11.9 Å². The fourth-order valence-electron chi connectivity index (χ4n) is 3.84. The Bertz CT molecular complexity index is 1190. The molecule has 1 heterocycles. The molecule has 4 nitrogen and oxygen atoms in total. The topological polar surface area (TPSA) is 49.4 Å². The van der Waals surface area contributed by atoms with Crippen LogP contribution in [0.25, 0.3) is 5.57 Å². The molecule has 31 heavy (non-hydrogen) atoms. The lowest BCUT2D eigenvalue weighted by Crippen LogP contribution is -2.34. The summed E-state index contributed by atoms with van der Waals surface area (Å²) >= 11 is 0. The molecule has 0 atom stereocenters. The molecule has 0 aromatic heterocycles. The van der Waals surface area contributed by atoms with E-state index in [4.69, 9.17) is 0 Å². The van der Waals surface area contributed by atoms with Crippen LogP contribution in [0.3, 0.4) is 0 Å². The Morgan fingerprint density at radius 3 is 2.35 bits per heavy atom. The summed E-state index contributed by atoms with van der Waals surface area (Å²) in [6, 6.07) is 21.3. The number of hydrogen-bond donors (Lipinski definition) is 1. The second kappa shape index (κ2) is 8.56. The fourth-order valence-corrected chi connectivity index (χ4v) is 3.84. The van der Waals surface area contributed by atoms with Gasteiger partial charge in [-0.1, -0.05) is 60.2 Å². The van der Waals surface area contributed by atoms with E-state index in [1.54, 1.807) is 12.1 Å². The zero-order valence-electron chi connectivity index (χ0n) is 17.5. The summed E-state index contributed by atoms with van der Waals surface area (Å²) in [7, 11) is 0. The molecule has 0 spiro atoms. The summed E-state index contributed by atoms with van der Waals surface area (Å²) in [5.74, 6) is -1.16. The number of rotatable bonds is 6. The highest BCUT2D eigenvalue weighted by atomic mass is 19.1. The minimum absolute atomic E-state index is 0.176. The van der Waals surface area contributed by atoms with Gasteiger partial charge in [0.05, 0.1) is 5.57 Å². The van der Waals surface area contributed by atoms with E-state index < -0.39 is 11.7 Å². The van der Waals surface area contributed by atoms with Crippen LogP contribution in [-0.2, 0) is 16.0 Å². The highest BCUT2D eigenvalue weighted by molar-refractivity contribution is 6.36. The average Bonchev–Trinajstić information content (AvgIpc) is 2.97. The second-order valence-corrected chi connectivity index (χ2v) is 7.70. The number of carbonyl (C=O) groups is 2. The van der Waals surface area contributed by atoms with E-state index >= 15 is 0 Å². The van der Waals surface area contributed by atoms with Gasteiger partial charge in [0.2, 0.25) is 0 Å². The zero-order valence-corrected chi connectivity index (χ0v) is 17.5. The van der Waals surface area contributed by atoms with E-state index in [2.05, 4.69) is 5.32 Å². The van der Waals surface area contributed by atoms with E-state index in [-0.39, 0.29) is 18.1 Å². The lowest BCUT2D eigenvalue weighted by atomic mass is 9.97.